The number of nitrogens with one attached hydrogen (secondary N) is 3. The number of aliphatic carboxylic acids is 1. The Kier molecular flexibility index (Phi) is 6.10. The van der Waals surface area contributed by atoms with Crippen molar-refractivity contribution >= 4 is 46.2 Å². The van der Waals surface area contributed by atoms with Gasteiger partial charge in [0.05, 0.1) is 29.4 Å². The van der Waals surface area contributed by atoms with Crippen LogP contribution in [-0.2, 0) is 9.59 Å². The molecule has 186 valence electrons. The van der Waals surface area contributed by atoms with Crippen LogP contribution in [0.2, 0.25) is 5.02 Å². The molecule has 2 aromatic heterocycles. The molecule has 1 fully saturated rings. The van der Waals surface area contributed by atoms with E-state index >= 15 is 0 Å². The van der Waals surface area contributed by atoms with Crippen LogP contribution in [-0.4, -0.2) is 61.6 Å². The molecule has 0 radical (unpaired) electrons. The van der Waals surface area contributed by atoms with Crippen molar-refractivity contribution in [2.75, 3.05) is 11.9 Å². The highest BCUT2D eigenvalue weighted by Gasteiger charge is 2.47. The summed E-state index contributed by atoms with van der Waals surface area (Å²) in [6.07, 6.45) is 6.50. The Balaban J connectivity index is 1.41. The molecule has 1 aromatic carbocycles. The molecule has 2 aliphatic carbocycles. The van der Waals surface area contributed by atoms with E-state index in [1.807, 2.05) is 6.08 Å². The molecule has 0 aliphatic heterocycles. The van der Waals surface area contributed by atoms with Gasteiger partial charge in [-0.2, -0.15) is 0 Å². The fraction of sp³-hybridized carbons (Fsp3) is 0.292. The van der Waals surface area contributed by atoms with Crippen LogP contribution in [0.4, 0.5) is 5.69 Å². The number of fused-ring (bicyclic) bond motifs is 3. The third-order valence-electron chi connectivity index (χ3n) is 6.77. The van der Waals surface area contributed by atoms with Crippen LogP contribution >= 0.6 is 11.6 Å². The highest BCUT2D eigenvalue weighted by atomic mass is 35.5. The number of anilines is 1. The van der Waals surface area contributed by atoms with E-state index in [0.717, 1.165) is 6.42 Å². The third kappa shape index (κ3) is 4.16. The molecule has 2 aliphatic rings. The molecule has 2 amide bonds. The molecular formula is C24H23ClN6O5. The van der Waals surface area contributed by atoms with Crippen molar-refractivity contribution in [1.82, 2.24) is 20.3 Å². The molecule has 0 saturated heterocycles. The Labute approximate surface area is 209 Å². The SMILES string of the molecule is NC(=O)[C@H]1[C@H](Nc2c(Cl)cnc3[nH]c(-c4ccc(C(=O)NC(CO)C(=O)O)cc4)nc23)[C@@H]2C=C[C@@H]1C2. The lowest BCUT2D eigenvalue weighted by Crippen LogP contribution is -2.43. The highest BCUT2D eigenvalue weighted by molar-refractivity contribution is 6.34. The Morgan fingerprint density at radius 3 is 2.58 bits per heavy atom. The molecule has 2 bridgehead atoms. The van der Waals surface area contributed by atoms with Gasteiger partial charge in [-0.05, 0) is 30.4 Å². The first-order valence-corrected chi connectivity index (χ1v) is 11.7. The lowest BCUT2D eigenvalue weighted by Gasteiger charge is -2.27. The summed E-state index contributed by atoms with van der Waals surface area (Å²) in [7, 11) is 0. The standard InChI is InChI=1S/C24H23ClN6O5/c25-14-8-27-22-19(18(14)29-17-13-6-5-12(7-13)16(17)20(26)33)30-21(31-22)10-1-3-11(4-2-10)23(34)28-15(9-32)24(35)36/h1-6,8,12-13,15-17,32H,7,9H2,(H2,26,33)(H,28,34)(H,35,36)(H2,27,29,30,31)/t12-,13-,15?,16-,17-/m1/s1. The van der Waals surface area contributed by atoms with E-state index in [1.165, 1.54) is 18.3 Å². The number of hydrogen-bond donors (Lipinski definition) is 6. The van der Waals surface area contributed by atoms with Crippen LogP contribution in [0.25, 0.3) is 22.6 Å². The number of H-pyrrole nitrogens is 1. The minimum absolute atomic E-state index is 0.106. The smallest absolute Gasteiger partial charge is 0.328 e. The molecule has 3 aromatic rings. The summed E-state index contributed by atoms with van der Waals surface area (Å²) in [5.74, 6) is -1.91. The normalized spacial score (nSPS) is 23.1. The molecule has 12 heteroatoms. The summed E-state index contributed by atoms with van der Waals surface area (Å²) in [5, 5.41) is 24.1. The molecule has 7 N–H and O–H groups in total. The average molecular weight is 511 g/mol. The minimum atomic E-state index is -1.39. The van der Waals surface area contributed by atoms with Gasteiger partial charge in [-0.1, -0.05) is 35.9 Å². The van der Waals surface area contributed by atoms with E-state index in [4.69, 9.17) is 27.5 Å². The van der Waals surface area contributed by atoms with Gasteiger partial charge in [0.15, 0.2) is 11.7 Å². The number of aliphatic hydroxyl groups excluding tert-OH is 1. The topological polar surface area (TPSA) is 183 Å². The molecular weight excluding hydrogens is 488 g/mol. The summed E-state index contributed by atoms with van der Waals surface area (Å²) in [4.78, 5) is 47.6. The van der Waals surface area contributed by atoms with Crippen molar-refractivity contribution in [3.8, 4) is 11.4 Å². The first kappa shape index (κ1) is 23.8. The number of allylic oxidation sites excluding steroid dienone is 1. The van der Waals surface area contributed by atoms with Gasteiger partial charge < -0.3 is 31.6 Å². The predicted octanol–water partition coefficient (Wildman–Crippen LogP) is 1.54. The van der Waals surface area contributed by atoms with Crippen LogP contribution < -0.4 is 16.4 Å². The Bertz CT molecular complexity index is 1390. The van der Waals surface area contributed by atoms with Gasteiger partial charge in [0.1, 0.15) is 11.3 Å². The van der Waals surface area contributed by atoms with Crippen LogP contribution in [0.1, 0.15) is 16.8 Å². The second-order valence-electron chi connectivity index (χ2n) is 8.93. The number of carboxylic acid groups (broad SMARTS) is 1. The van der Waals surface area contributed by atoms with E-state index in [1.54, 1.807) is 12.1 Å². The number of carboxylic acids is 1. The maximum Gasteiger partial charge on any atom is 0.328 e. The number of carbonyl (C=O) groups excluding carboxylic acids is 2. The van der Waals surface area contributed by atoms with E-state index in [9.17, 15) is 14.4 Å². The number of nitrogens with two attached hydrogens (primary N) is 1. The second-order valence-corrected chi connectivity index (χ2v) is 9.34. The first-order valence-electron chi connectivity index (χ1n) is 11.3. The van der Waals surface area contributed by atoms with Crippen LogP contribution in [0, 0.1) is 17.8 Å². The molecule has 5 rings (SSSR count). The van der Waals surface area contributed by atoms with Crippen molar-refractivity contribution in [2.24, 2.45) is 23.5 Å². The molecule has 1 saturated carbocycles. The molecule has 1 unspecified atom stereocenters. The number of nitrogens with zero attached hydrogens (tertiary/aromatic N) is 2. The van der Waals surface area contributed by atoms with E-state index in [2.05, 4.69) is 31.7 Å². The number of primary amides is 1. The van der Waals surface area contributed by atoms with Crippen molar-refractivity contribution < 1.29 is 24.6 Å². The fourth-order valence-corrected chi connectivity index (χ4v) is 5.18. The minimum Gasteiger partial charge on any atom is -0.480 e. The van der Waals surface area contributed by atoms with Crippen LogP contribution in [0.15, 0.2) is 42.6 Å². The highest BCUT2D eigenvalue weighted by Crippen LogP contribution is 2.46. The predicted molar refractivity (Wildman–Crippen MR) is 131 cm³/mol. The number of amides is 2. The van der Waals surface area contributed by atoms with Crippen LogP contribution in [0.3, 0.4) is 0 Å². The molecule has 36 heavy (non-hydrogen) atoms. The van der Waals surface area contributed by atoms with Gasteiger partial charge in [-0.3, -0.25) is 9.59 Å². The third-order valence-corrected chi connectivity index (χ3v) is 7.06. The number of carbonyl (C=O) groups is 3. The monoisotopic (exact) mass is 510 g/mol. The van der Waals surface area contributed by atoms with Crippen molar-refractivity contribution in [3.05, 3.63) is 53.2 Å². The number of aliphatic hydroxyl groups is 1. The number of rotatable bonds is 8. The van der Waals surface area contributed by atoms with Crippen molar-refractivity contribution in [2.45, 2.75) is 18.5 Å². The lowest BCUT2D eigenvalue weighted by molar-refractivity contribution is -0.140. The fourth-order valence-electron chi connectivity index (χ4n) is 4.98. The van der Waals surface area contributed by atoms with Gasteiger partial charge >= 0.3 is 5.97 Å². The summed E-state index contributed by atoms with van der Waals surface area (Å²) >= 11 is 6.48. The maximum absolute atomic E-state index is 12.3. The number of hydrogen-bond acceptors (Lipinski definition) is 7. The number of benzene rings is 1. The van der Waals surface area contributed by atoms with Crippen molar-refractivity contribution in [1.29, 1.82) is 0 Å². The quantitative estimate of drug-likeness (QED) is 0.246. The summed E-state index contributed by atoms with van der Waals surface area (Å²) < 4.78 is 0. The van der Waals surface area contributed by atoms with Gasteiger partial charge in [0, 0.05) is 17.2 Å². The van der Waals surface area contributed by atoms with E-state index in [-0.39, 0.29) is 35.3 Å². The number of aromatic amines is 1. The maximum atomic E-state index is 12.3. The zero-order valence-electron chi connectivity index (χ0n) is 18.8. The van der Waals surface area contributed by atoms with Gasteiger partial charge in [-0.15, -0.1) is 0 Å². The average Bonchev–Trinajstić information content (AvgIpc) is 3.58. The Hall–Kier alpha value is -3.96. The molecule has 0 spiro atoms. The molecule has 5 atom stereocenters. The molecule has 11 nitrogen and oxygen atoms in total. The number of imidazole rings is 1. The number of aromatic nitrogens is 3. The molecule has 2 heterocycles. The van der Waals surface area contributed by atoms with Gasteiger partial charge in [-0.25, -0.2) is 14.8 Å². The number of halogens is 1. The van der Waals surface area contributed by atoms with Gasteiger partial charge in [0.25, 0.3) is 5.91 Å². The summed E-state index contributed by atoms with van der Waals surface area (Å²) in [6.45, 7) is -0.719. The van der Waals surface area contributed by atoms with E-state index in [0.29, 0.717) is 33.3 Å². The summed E-state index contributed by atoms with van der Waals surface area (Å²) in [6, 6.07) is 4.75. The number of pyridine rings is 1. The first-order chi connectivity index (χ1) is 17.3. The zero-order valence-corrected chi connectivity index (χ0v) is 19.6. The van der Waals surface area contributed by atoms with Crippen molar-refractivity contribution in [3.63, 3.8) is 0 Å². The van der Waals surface area contributed by atoms with E-state index < -0.39 is 24.5 Å². The zero-order chi connectivity index (χ0) is 25.6. The van der Waals surface area contributed by atoms with Gasteiger partial charge in [0.2, 0.25) is 5.91 Å². The lowest BCUT2D eigenvalue weighted by atomic mass is 9.88. The Morgan fingerprint density at radius 2 is 1.92 bits per heavy atom. The summed E-state index contributed by atoms with van der Waals surface area (Å²) in [5.41, 5.74) is 8.11. The Morgan fingerprint density at radius 1 is 1.19 bits per heavy atom. The second kappa shape index (κ2) is 9.25. The van der Waals surface area contributed by atoms with Crippen LogP contribution in [0.5, 0.6) is 0 Å². The largest absolute Gasteiger partial charge is 0.480 e.